The van der Waals surface area contributed by atoms with Crippen LogP contribution in [0.15, 0.2) is 23.1 Å². The van der Waals surface area contributed by atoms with Crippen LogP contribution in [0.5, 0.6) is 0 Å². The SMILES string of the molecule is CC1(CNS(=O)(=O)c2cccc3c2CCNC3)CCCO1. The summed E-state index contributed by atoms with van der Waals surface area (Å²) in [5.41, 5.74) is 1.65. The molecule has 0 spiro atoms. The van der Waals surface area contributed by atoms with Crippen molar-refractivity contribution in [3.63, 3.8) is 0 Å². The number of hydrogen-bond donors (Lipinski definition) is 2. The van der Waals surface area contributed by atoms with Crippen LogP contribution in [-0.2, 0) is 27.7 Å². The fourth-order valence-electron chi connectivity index (χ4n) is 3.05. The molecule has 2 aliphatic rings. The third-order valence-electron chi connectivity index (χ3n) is 4.32. The lowest BCUT2D eigenvalue weighted by Crippen LogP contribution is -2.40. The molecule has 2 aliphatic heterocycles. The van der Waals surface area contributed by atoms with E-state index in [1.165, 1.54) is 0 Å². The van der Waals surface area contributed by atoms with Crippen LogP contribution in [0.1, 0.15) is 30.9 Å². The minimum atomic E-state index is -3.49. The number of sulfonamides is 1. The van der Waals surface area contributed by atoms with E-state index < -0.39 is 10.0 Å². The zero-order valence-corrected chi connectivity index (χ0v) is 13.1. The van der Waals surface area contributed by atoms with Gasteiger partial charge in [-0.25, -0.2) is 13.1 Å². The van der Waals surface area contributed by atoms with Crippen LogP contribution in [0.2, 0.25) is 0 Å². The van der Waals surface area contributed by atoms with Crippen LogP contribution in [0.25, 0.3) is 0 Å². The summed E-state index contributed by atoms with van der Waals surface area (Å²) < 4.78 is 33.6. The highest BCUT2D eigenvalue weighted by atomic mass is 32.2. The van der Waals surface area contributed by atoms with Crippen molar-refractivity contribution >= 4 is 10.0 Å². The Morgan fingerprint density at radius 2 is 2.29 bits per heavy atom. The van der Waals surface area contributed by atoms with Crippen molar-refractivity contribution in [1.82, 2.24) is 10.0 Å². The van der Waals surface area contributed by atoms with Crippen LogP contribution in [-0.4, -0.2) is 33.7 Å². The molecule has 6 heteroatoms. The third-order valence-corrected chi connectivity index (χ3v) is 5.81. The quantitative estimate of drug-likeness (QED) is 0.876. The first-order valence-electron chi connectivity index (χ1n) is 7.45. The van der Waals surface area contributed by atoms with Gasteiger partial charge in [0.15, 0.2) is 0 Å². The Balaban J connectivity index is 1.82. The Kier molecular flexibility index (Phi) is 4.05. The summed E-state index contributed by atoms with van der Waals surface area (Å²) in [6.45, 7) is 4.56. The number of rotatable bonds is 4. The molecule has 0 amide bonds. The molecule has 0 saturated carbocycles. The van der Waals surface area contributed by atoms with E-state index >= 15 is 0 Å². The second-order valence-electron chi connectivity index (χ2n) is 6.05. The number of fused-ring (bicyclic) bond motifs is 1. The molecule has 1 aromatic rings. The van der Waals surface area contributed by atoms with Crippen LogP contribution in [0.4, 0.5) is 0 Å². The Morgan fingerprint density at radius 3 is 3.05 bits per heavy atom. The van der Waals surface area contributed by atoms with E-state index in [2.05, 4.69) is 10.0 Å². The first-order valence-corrected chi connectivity index (χ1v) is 8.94. The molecule has 1 aromatic carbocycles. The zero-order valence-electron chi connectivity index (χ0n) is 12.3. The second-order valence-corrected chi connectivity index (χ2v) is 7.78. The molecule has 1 unspecified atom stereocenters. The summed E-state index contributed by atoms with van der Waals surface area (Å²) in [4.78, 5) is 0.420. The van der Waals surface area contributed by atoms with E-state index in [0.29, 0.717) is 18.0 Å². The highest BCUT2D eigenvalue weighted by Crippen LogP contribution is 2.26. The van der Waals surface area contributed by atoms with Crippen LogP contribution >= 0.6 is 0 Å². The predicted octanol–water partition coefficient (Wildman–Crippen LogP) is 1.18. The smallest absolute Gasteiger partial charge is 0.240 e. The summed E-state index contributed by atoms with van der Waals surface area (Å²) in [6, 6.07) is 5.50. The molecule has 3 rings (SSSR count). The van der Waals surface area contributed by atoms with E-state index in [0.717, 1.165) is 43.5 Å². The fraction of sp³-hybridized carbons (Fsp3) is 0.600. The van der Waals surface area contributed by atoms with E-state index in [1.54, 1.807) is 6.07 Å². The first-order chi connectivity index (χ1) is 10.0. The number of nitrogens with one attached hydrogen (secondary N) is 2. The summed E-state index contributed by atoms with van der Waals surface area (Å²) in [5.74, 6) is 0. The summed E-state index contributed by atoms with van der Waals surface area (Å²) in [6.07, 6.45) is 2.64. The largest absolute Gasteiger partial charge is 0.374 e. The van der Waals surface area contributed by atoms with Gasteiger partial charge in [0.1, 0.15) is 0 Å². The normalized spacial score (nSPS) is 25.8. The first kappa shape index (κ1) is 15.0. The average Bonchev–Trinajstić information content (AvgIpc) is 2.92. The lowest BCUT2D eigenvalue weighted by atomic mass is 10.0. The van der Waals surface area contributed by atoms with Crippen LogP contribution in [0, 0.1) is 0 Å². The Bertz CT molecular complexity index is 622. The maximum absolute atomic E-state index is 12.6. The van der Waals surface area contributed by atoms with Crippen LogP contribution < -0.4 is 10.0 Å². The molecule has 5 nitrogen and oxygen atoms in total. The van der Waals surface area contributed by atoms with Crippen molar-refractivity contribution in [1.29, 1.82) is 0 Å². The van der Waals surface area contributed by atoms with Gasteiger partial charge in [-0.2, -0.15) is 0 Å². The molecule has 1 atom stereocenters. The van der Waals surface area contributed by atoms with E-state index in [9.17, 15) is 8.42 Å². The molecule has 21 heavy (non-hydrogen) atoms. The topological polar surface area (TPSA) is 67.4 Å². The van der Waals surface area contributed by atoms with E-state index in [1.807, 2.05) is 19.1 Å². The molecule has 116 valence electrons. The highest BCUT2D eigenvalue weighted by molar-refractivity contribution is 7.89. The fourth-order valence-corrected chi connectivity index (χ4v) is 4.52. The van der Waals surface area contributed by atoms with Crippen molar-refractivity contribution in [3.05, 3.63) is 29.3 Å². The van der Waals surface area contributed by atoms with Gasteiger partial charge >= 0.3 is 0 Å². The van der Waals surface area contributed by atoms with Crippen molar-refractivity contribution in [2.45, 2.75) is 43.2 Å². The predicted molar refractivity (Wildman–Crippen MR) is 80.6 cm³/mol. The third kappa shape index (κ3) is 3.13. The van der Waals surface area contributed by atoms with Crippen LogP contribution in [0.3, 0.4) is 0 Å². The van der Waals surface area contributed by atoms with Gasteiger partial charge in [0, 0.05) is 19.7 Å². The Hall–Kier alpha value is -0.950. The van der Waals surface area contributed by atoms with Crippen molar-refractivity contribution < 1.29 is 13.2 Å². The monoisotopic (exact) mass is 310 g/mol. The molecule has 1 fully saturated rings. The molecule has 2 heterocycles. The summed E-state index contributed by atoms with van der Waals surface area (Å²) >= 11 is 0. The minimum Gasteiger partial charge on any atom is -0.374 e. The molecule has 0 aromatic heterocycles. The Labute approximate surface area is 126 Å². The molecule has 0 radical (unpaired) electrons. The van der Waals surface area contributed by atoms with Gasteiger partial charge in [0.05, 0.1) is 10.5 Å². The molecule has 0 aliphatic carbocycles. The molecular formula is C15H22N2O3S. The molecule has 1 saturated heterocycles. The standard InChI is InChI=1S/C15H22N2O3S/c1-15(7-3-9-20-15)11-17-21(18,19)14-5-2-4-12-10-16-8-6-13(12)14/h2,4-5,16-17H,3,6-11H2,1H3. The van der Waals surface area contributed by atoms with E-state index in [-0.39, 0.29) is 5.60 Å². The average molecular weight is 310 g/mol. The molecule has 2 N–H and O–H groups in total. The second kappa shape index (κ2) is 5.68. The van der Waals surface area contributed by atoms with E-state index in [4.69, 9.17) is 4.74 Å². The maximum atomic E-state index is 12.6. The lowest BCUT2D eigenvalue weighted by molar-refractivity contribution is 0.0250. The number of ether oxygens (including phenoxy) is 1. The van der Waals surface area contributed by atoms with Gasteiger partial charge < -0.3 is 10.1 Å². The van der Waals surface area contributed by atoms with Crippen molar-refractivity contribution in [2.75, 3.05) is 19.7 Å². The van der Waals surface area contributed by atoms with Gasteiger partial charge in [0.2, 0.25) is 10.0 Å². The number of benzene rings is 1. The zero-order chi connectivity index (χ0) is 14.9. The van der Waals surface area contributed by atoms with Crippen molar-refractivity contribution in [3.8, 4) is 0 Å². The summed E-state index contributed by atoms with van der Waals surface area (Å²) in [7, 11) is -3.49. The van der Waals surface area contributed by atoms with Gasteiger partial charge in [-0.05, 0) is 49.9 Å². The Morgan fingerprint density at radius 1 is 1.43 bits per heavy atom. The van der Waals surface area contributed by atoms with Gasteiger partial charge in [-0.15, -0.1) is 0 Å². The molecular weight excluding hydrogens is 288 g/mol. The summed E-state index contributed by atoms with van der Waals surface area (Å²) in [5, 5.41) is 3.27. The van der Waals surface area contributed by atoms with Crippen molar-refractivity contribution in [2.24, 2.45) is 0 Å². The van der Waals surface area contributed by atoms with Gasteiger partial charge in [0.25, 0.3) is 0 Å². The molecule has 0 bridgehead atoms. The highest BCUT2D eigenvalue weighted by Gasteiger charge is 2.32. The van der Waals surface area contributed by atoms with Gasteiger partial charge in [-0.1, -0.05) is 12.1 Å². The minimum absolute atomic E-state index is 0.331. The van der Waals surface area contributed by atoms with Gasteiger partial charge in [-0.3, -0.25) is 0 Å². The number of hydrogen-bond acceptors (Lipinski definition) is 4. The maximum Gasteiger partial charge on any atom is 0.240 e. The lowest BCUT2D eigenvalue weighted by Gasteiger charge is -2.25.